The molecule has 106 valence electrons. The van der Waals surface area contributed by atoms with Crippen LogP contribution in [0.3, 0.4) is 0 Å². The predicted molar refractivity (Wildman–Crippen MR) is 78.8 cm³/mol. The minimum Gasteiger partial charge on any atom is -0.298 e. The number of carbonyl (C=O) groups is 1. The Morgan fingerprint density at radius 1 is 1.21 bits per heavy atom. The van der Waals surface area contributed by atoms with Crippen LogP contribution in [0.15, 0.2) is 24.3 Å². The van der Waals surface area contributed by atoms with Crippen molar-refractivity contribution in [2.45, 2.75) is 46.2 Å². The van der Waals surface area contributed by atoms with Crippen LogP contribution >= 0.6 is 0 Å². The number of nitrogens with zero attached hydrogens (tertiary/aromatic N) is 1. The van der Waals surface area contributed by atoms with Gasteiger partial charge >= 0.3 is 0 Å². The number of nitrogen functional groups attached to an aromatic ring is 1. The molecule has 0 heterocycles. The zero-order valence-corrected chi connectivity index (χ0v) is 12.3. The molecule has 1 amide bonds. The third-order valence-corrected chi connectivity index (χ3v) is 3.36. The van der Waals surface area contributed by atoms with Crippen molar-refractivity contribution in [2.75, 3.05) is 6.54 Å². The van der Waals surface area contributed by atoms with E-state index in [2.05, 4.69) is 38.0 Å². The maximum Gasteiger partial charge on any atom is 0.265 e. The van der Waals surface area contributed by atoms with Gasteiger partial charge in [0.25, 0.3) is 5.91 Å². The van der Waals surface area contributed by atoms with Crippen molar-refractivity contribution >= 4 is 5.91 Å². The summed E-state index contributed by atoms with van der Waals surface area (Å²) in [4.78, 5) is 14.1. The highest BCUT2D eigenvalue weighted by molar-refractivity contribution is 5.95. The SMILES string of the molecule is CC(C)N(CCc1ccccc1C(=O)NN)C(C)C. The van der Waals surface area contributed by atoms with Gasteiger partial charge in [-0.25, -0.2) is 5.84 Å². The van der Waals surface area contributed by atoms with Gasteiger partial charge in [0.05, 0.1) is 0 Å². The summed E-state index contributed by atoms with van der Waals surface area (Å²) in [5, 5.41) is 0. The van der Waals surface area contributed by atoms with Crippen molar-refractivity contribution in [3.8, 4) is 0 Å². The second-order valence-electron chi connectivity index (χ2n) is 5.31. The molecule has 0 aliphatic carbocycles. The van der Waals surface area contributed by atoms with E-state index in [0.29, 0.717) is 17.6 Å². The molecule has 1 aromatic rings. The lowest BCUT2D eigenvalue weighted by atomic mass is 10.0. The van der Waals surface area contributed by atoms with Gasteiger partial charge in [-0.05, 0) is 45.7 Å². The Kier molecular flexibility index (Phi) is 5.99. The van der Waals surface area contributed by atoms with Crippen molar-refractivity contribution in [1.82, 2.24) is 10.3 Å². The molecule has 0 saturated heterocycles. The highest BCUT2D eigenvalue weighted by Gasteiger charge is 2.15. The molecule has 4 nitrogen and oxygen atoms in total. The van der Waals surface area contributed by atoms with E-state index in [4.69, 9.17) is 5.84 Å². The lowest BCUT2D eigenvalue weighted by Crippen LogP contribution is -2.38. The molecule has 1 rings (SSSR count). The maximum atomic E-state index is 11.7. The van der Waals surface area contributed by atoms with E-state index >= 15 is 0 Å². The van der Waals surface area contributed by atoms with Crippen molar-refractivity contribution in [3.63, 3.8) is 0 Å². The fourth-order valence-corrected chi connectivity index (χ4v) is 2.40. The summed E-state index contributed by atoms with van der Waals surface area (Å²) < 4.78 is 0. The molecule has 0 saturated carbocycles. The van der Waals surface area contributed by atoms with E-state index in [1.807, 2.05) is 24.3 Å². The summed E-state index contributed by atoms with van der Waals surface area (Å²) in [5.41, 5.74) is 3.91. The summed E-state index contributed by atoms with van der Waals surface area (Å²) in [6, 6.07) is 8.61. The predicted octanol–water partition coefficient (Wildman–Crippen LogP) is 1.95. The van der Waals surface area contributed by atoms with Crippen LogP contribution < -0.4 is 11.3 Å². The zero-order chi connectivity index (χ0) is 14.4. The lowest BCUT2D eigenvalue weighted by Gasteiger charge is -2.30. The van der Waals surface area contributed by atoms with Gasteiger partial charge in [-0.3, -0.25) is 15.1 Å². The average Bonchev–Trinajstić information content (AvgIpc) is 2.37. The van der Waals surface area contributed by atoms with Crippen molar-refractivity contribution in [1.29, 1.82) is 0 Å². The molecule has 0 unspecified atom stereocenters. The fourth-order valence-electron chi connectivity index (χ4n) is 2.40. The molecular weight excluding hydrogens is 238 g/mol. The van der Waals surface area contributed by atoms with Gasteiger partial charge in [-0.1, -0.05) is 18.2 Å². The first-order valence-corrected chi connectivity index (χ1v) is 6.82. The number of rotatable bonds is 6. The molecular formula is C15H25N3O. The van der Waals surface area contributed by atoms with Crippen molar-refractivity contribution in [2.24, 2.45) is 5.84 Å². The van der Waals surface area contributed by atoms with Gasteiger partial charge in [0, 0.05) is 24.2 Å². The van der Waals surface area contributed by atoms with Gasteiger partial charge in [0.1, 0.15) is 0 Å². The topological polar surface area (TPSA) is 58.4 Å². The molecule has 4 heteroatoms. The molecule has 0 radical (unpaired) electrons. The van der Waals surface area contributed by atoms with Crippen LogP contribution in [-0.4, -0.2) is 29.4 Å². The molecule has 19 heavy (non-hydrogen) atoms. The van der Waals surface area contributed by atoms with E-state index in [0.717, 1.165) is 18.5 Å². The highest BCUT2D eigenvalue weighted by Crippen LogP contribution is 2.12. The third-order valence-electron chi connectivity index (χ3n) is 3.36. The fraction of sp³-hybridized carbons (Fsp3) is 0.533. The molecule has 0 aliphatic rings. The lowest BCUT2D eigenvalue weighted by molar-refractivity contribution is 0.0952. The minimum atomic E-state index is -0.226. The van der Waals surface area contributed by atoms with Gasteiger partial charge < -0.3 is 0 Å². The monoisotopic (exact) mass is 263 g/mol. The Morgan fingerprint density at radius 3 is 2.32 bits per heavy atom. The minimum absolute atomic E-state index is 0.226. The summed E-state index contributed by atoms with van der Waals surface area (Å²) in [6.07, 6.45) is 0.847. The maximum absolute atomic E-state index is 11.7. The molecule has 0 aliphatic heterocycles. The quantitative estimate of drug-likeness (QED) is 0.468. The first kappa shape index (κ1) is 15.7. The number of hydrogen-bond acceptors (Lipinski definition) is 3. The Bertz CT molecular complexity index is 408. The average molecular weight is 263 g/mol. The third kappa shape index (κ3) is 4.33. The van der Waals surface area contributed by atoms with Crippen LogP contribution in [0, 0.1) is 0 Å². The molecule has 0 bridgehead atoms. The molecule has 0 spiro atoms. The van der Waals surface area contributed by atoms with Crippen molar-refractivity contribution < 1.29 is 4.79 Å². The Morgan fingerprint density at radius 2 is 1.79 bits per heavy atom. The second kappa shape index (κ2) is 7.26. The standard InChI is InChI=1S/C15H25N3O/c1-11(2)18(12(3)4)10-9-13-7-5-6-8-14(13)15(19)17-16/h5-8,11-12H,9-10,16H2,1-4H3,(H,17,19). The van der Waals surface area contributed by atoms with Crippen LogP contribution in [0.1, 0.15) is 43.6 Å². The number of carbonyl (C=O) groups excluding carboxylic acids is 1. The van der Waals surface area contributed by atoms with Crippen LogP contribution in [-0.2, 0) is 6.42 Å². The zero-order valence-electron chi connectivity index (χ0n) is 12.3. The van der Waals surface area contributed by atoms with Crippen LogP contribution in [0.25, 0.3) is 0 Å². The number of nitrogens with two attached hydrogens (primary N) is 1. The first-order chi connectivity index (χ1) is 8.97. The van der Waals surface area contributed by atoms with Crippen LogP contribution in [0.2, 0.25) is 0 Å². The van der Waals surface area contributed by atoms with E-state index < -0.39 is 0 Å². The number of hydrogen-bond donors (Lipinski definition) is 2. The van der Waals surface area contributed by atoms with Crippen LogP contribution in [0.5, 0.6) is 0 Å². The Hall–Kier alpha value is -1.39. The Balaban J connectivity index is 2.80. The van der Waals surface area contributed by atoms with Crippen LogP contribution in [0.4, 0.5) is 0 Å². The molecule has 0 aromatic heterocycles. The number of hydrazine groups is 1. The summed E-state index contributed by atoms with van der Waals surface area (Å²) in [7, 11) is 0. The normalized spacial score (nSPS) is 11.4. The summed E-state index contributed by atoms with van der Waals surface area (Å²) in [6.45, 7) is 9.71. The summed E-state index contributed by atoms with van der Waals surface area (Å²) in [5.74, 6) is 4.99. The van der Waals surface area contributed by atoms with E-state index in [-0.39, 0.29) is 5.91 Å². The molecule has 3 N–H and O–H groups in total. The van der Waals surface area contributed by atoms with Gasteiger partial charge in [0.2, 0.25) is 0 Å². The largest absolute Gasteiger partial charge is 0.298 e. The first-order valence-electron chi connectivity index (χ1n) is 6.82. The van der Waals surface area contributed by atoms with Gasteiger partial charge in [-0.15, -0.1) is 0 Å². The van der Waals surface area contributed by atoms with Gasteiger partial charge in [-0.2, -0.15) is 0 Å². The number of nitrogens with one attached hydrogen (secondary N) is 1. The smallest absolute Gasteiger partial charge is 0.265 e. The second-order valence-corrected chi connectivity index (χ2v) is 5.31. The van der Waals surface area contributed by atoms with E-state index in [1.54, 1.807) is 0 Å². The number of benzene rings is 1. The van der Waals surface area contributed by atoms with Crippen molar-refractivity contribution in [3.05, 3.63) is 35.4 Å². The molecule has 1 aromatic carbocycles. The number of amides is 1. The molecule has 0 atom stereocenters. The van der Waals surface area contributed by atoms with E-state index in [1.165, 1.54) is 0 Å². The van der Waals surface area contributed by atoms with Gasteiger partial charge in [0.15, 0.2) is 0 Å². The summed E-state index contributed by atoms with van der Waals surface area (Å²) >= 11 is 0. The highest BCUT2D eigenvalue weighted by atomic mass is 16.2. The molecule has 0 fully saturated rings. The van der Waals surface area contributed by atoms with E-state index in [9.17, 15) is 4.79 Å². The Labute approximate surface area is 115 Å².